The molecule has 196 valence electrons. The number of rotatable bonds is 8. The normalized spacial score (nSPS) is 17.1. The van der Waals surface area contributed by atoms with Crippen LogP contribution in [0, 0.1) is 0 Å². The summed E-state index contributed by atoms with van der Waals surface area (Å²) in [5, 5.41) is 16.1. The van der Waals surface area contributed by atoms with Gasteiger partial charge in [0.25, 0.3) is 5.91 Å². The number of nitrogens with one attached hydrogen (secondary N) is 2. The van der Waals surface area contributed by atoms with Crippen molar-refractivity contribution < 1.29 is 19.4 Å². The van der Waals surface area contributed by atoms with Crippen LogP contribution in [0.1, 0.15) is 46.8 Å². The Morgan fingerprint density at radius 1 is 1.03 bits per heavy atom. The monoisotopic (exact) mass is 511 g/mol. The minimum Gasteiger partial charge on any atom is -0.462 e. The molecule has 0 unspecified atom stereocenters. The second-order valence-corrected chi connectivity index (χ2v) is 9.70. The Balaban J connectivity index is 1.39. The minimum absolute atomic E-state index is 0.155. The van der Waals surface area contributed by atoms with E-state index >= 15 is 0 Å². The standard InChI is InChI=1S/C31H33N3O4/c1-2-38-31(37)23-10-13-26-27(20-23)33-30(36)28(26)29(22-6-4-3-5-7-22)32-24-11-8-21(9-12-24)14-17-34-18-15-25(35)16-19-34/h3-13,20,25,32,35H,2,14-19H2,1H3,(H,33,36). The lowest BCUT2D eigenvalue weighted by molar-refractivity contribution is -0.110. The van der Waals surface area contributed by atoms with Gasteiger partial charge in [-0.15, -0.1) is 0 Å². The van der Waals surface area contributed by atoms with Gasteiger partial charge in [0.2, 0.25) is 0 Å². The van der Waals surface area contributed by atoms with Crippen LogP contribution in [-0.2, 0) is 16.0 Å². The van der Waals surface area contributed by atoms with E-state index in [9.17, 15) is 14.7 Å². The van der Waals surface area contributed by atoms with Crippen molar-refractivity contribution in [3.8, 4) is 0 Å². The van der Waals surface area contributed by atoms with Crippen molar-refractivity contribution in [3.05, 3.63) is 95.1 Å². The molecule has 5 rings (SSSR count). The summed E-state index contributed by atoms with van der Waals surface area (Å²) in [5.74, 6) is -0.642. The zero-order valence-electron chi connectivity index (χ0n) is 21.6. The summed E-state index contributed by atoms with van der Waals surface area (Å²) in [6, 6.07) is 23.2. The maximum absolute atomic E-state index is 13.2. The summed E-state index contributed by atoms with van der Waals surface area (Å²) in [6.07, 6.45) is 2.49. The van der Waals surface area contributed by atoms with Gasteiger partial charge in [-0.3, -0.25) is 4.79 Å². The molecule has 1 fully saturated rings. The molecule has 2 heterocycles. The highest BCUT2D eigenvalue weighted by molar-refractivity contribution is 6.37. The number of hydrogen-bond donors (Lipinski definition) is 3. The largest absolute Gasteiger partial charge is 0.462 e. The first-order chi connectivity index (χ1) is 18.5. The molecule has 3 aromatic rings. The number of hydrogen-bond acceptors (Lipinski definition) is 6. The van der Waals surface area contributed by atoms with Crippen molar-refractivity contribution >= 4 is 34.5 Å². The highest BCUT2D eigenvalue weighted by atomic mass is 16.5. The van der Waals surface area contributed by atoms with Crippen LogP contribution in [-0.4, -0.2) is 54.2 Å². The van der Waals surface area contributed by atoms with Gasteiger partial charge in [-0.25, -0.2) is 4.79 Å². The van der Waals surface area contributed by atoms with Gasteiger partial charge in [0.05, 0.1) is 35.2 Å². The SMILES string of the molecule is CCOC(=O)c1ccc2c(c1)NC(=O)C2=C(Nc1ccc(CCN2CCC(O)CC2)cc1)c1ccccc1. The Kier molecular flexibility index (Phi) is 7.86. The first kappa shape index (κ1) is 25.7. The van der Waals surface area contributed by atoms with E-state index in [4.69, 9.17) is 4.74 Å². The summed E-state index contributed by atoms with van der Waals surface area (Å²) in [6.45, 7) is 4.92. The van der Waals surface area contributed by atoms with Crippen LogP contribution in [0.5, 0.6) is 0 Å². The highest BCUT2D eigenvalue weighted by Gasteiger charge is 2.29. The van der Waals surface area contributed by atoms with Crippen LogP contribution < -0.4 is 10.6 Å². The molecule has 2 aliphatic rings. The second-order valence-electron chi connectivity index (χ2n) is 9.70. The van der Waals surface area contributed by atoms with E-state index in [2.05, 4.69) is 27.7 Å². The number of fused-ring (bicyclic) bond motifs is 1. The maximum atomic E-state index is 13.2. The third kappa shape index (κ3) is 5.79. The zero-order chi connectivity index (χ0) is 26.5. The lowest BCUT2D eigenvalue weighted by Gasteiger charge is -2.29. The van der Waals surface area contributed by atoms with Gasteiger partial charge < -0.3 is 25.4 Å². The molecule has 3 aromatic carbocycles. The number of ether oxygens (including phenoxy) is 1. The van der Waals surface area contributed by atoms with Crippen LogP contribution in [0.4, 0.5) is 11.4 Å². The number of likely N-dealkylation sites (tertiary alicyclic amines) is 1. The van der Waals surface area contributed by atoms with Crippen LogP contribution in [0.2, 0.25) is 0 Å². The molecule has 38 heavy (non-hydrogen) atoms. The molecule has 0 bridgehead atoms. The van der Waals surface area contributed by atoms with E-state index in [0.29, 0.717) is 22.5 Å². The molecule has 0 radical (unpaired) electrons. The molecule has 0 spiro atoms. The molecule has 0 atom stereocenters. The van der Waals surface area contributed by atoms with Gasteiger partial charge in [0, 0.05) is 30.9 Å². The Hall–Kier alpha value is -3.94. The molecule has 7 nitrogen and oxygen atoms in total. The van der Waals surface area contributed by atoms with Crippen molar-refractivity contribution in [2.24, 2.45) is 0 Å². The summed E-state index contributed by atoms with van der Waals surface area (Å²) >= 11 is 0. The predicted molar refractivity (Wildman–Crippen MR) is 150 cm³/mol. The number of piperidine rings is 1. The van der Waals surface area contributed by atoms with E-state index in [0.717, 1.165) is 55.7 Å². The molecular weight excluding hydrogens is 478 g/mol. The number of esters is 1. The number of aliphatic hydroxyl groups is 1. The Morgan fingerprint density at radius 3 is 2.47 bits per heavy atom. The van der Waals surface area contributed by atoms with E-state index in [-0.39, 0.29) is 18.6 Å². The van der Waals surface area contributed by atoms with Crippen molar-refractivity contribution in [1.29, 1.82) is 0 Å². The van der Waals surface area contributed by atoms with Crippen LogP contribution in [0.3, 0.4) is 0 Å². The predicted octanol–water partition coefficient (Wildman–Crippen LogP) is 4.80. The van der Waals surface area contributed by atoms with Crippen molar-refractivity contribution in [2.75, 3.05) is 36.9 Å². The average Bonchev–Trinajstić information content (AvgIpc) is 3.27. The van der Waals surface area contributed by atoms with Gasteiger partial charge in [-0.2, -0.15) is 0 Å². The quantitative estimate of drug-likeness (QED) is 0.298. The summed E-state index contributed by atoms with van der Waals surface area (Å²) < 4.78 is 5.11. The molecule has 0 aromatic heterocycles. The fourth-order valence-electron chi connectivity index (χ4n) is 4.98. The molecule has 1 amide bonds. The maximum Gasteiger partial charge on any atom is 0.338 e. The van der Waals surface area contributed by atoms with E-state index in [1.807, 2.05) is 42.5 Å². The van der Waals surface area contributed by atoms with Gasteiger partial charge in [-0.1, -0.05) is 48.5 Å². The third-order valence-corrected chi connectivity index (χ3v) is 7.08. The fourth-order valence-corrected chi connectivity index (χ4v) is 4.98. The minimum atomic E-state index is -0.415. The highest BCUT2D eigenvalue weighted by Crippen LogP contribution is 2.38. The van der Waals surface area contributed by atoms with E-state index in [1.165, 1.54) is 5.56 Å². The van der Waals surface area contributed by atoms with Crippen molar-refractivity contribution in [3.63, 3.8) is 0 Å². The first-order valence-corrected chi connectivity index (χ1v) is 13.2. The number of amides is 1. The van der Waals surface area contributed by atoms with Crippen LogP contribution >= 0.6 is 0 Å². The lowest BCUT2D eigenvalue weighted by atomic mass is 9.99. The Labute approximate surface area is 223 Å². The summed E-state index contributed by atoms with van der Waals surface area (Å²) in [4.78, 5) is 27.8. The van der Waals surface area contributed by atoms with E-state index < -0.39 is 5.97 Å². The van der Waals surface area contributed by atoms with Crippen molar-refractivity contribution in [1.82, 2.24) is 4.90 Å². The number of nitrogens with zero attached hydrogens (tertiary/aromatic N) is 1. The second kappa shape index (κ2) is 11.6. The summed E-state index contributed by atoms with van der Waals surface area (Å²) in [7, 11) is 0. The average molecular weight is 512 g/mol. The number of carbonyl (C=O) groups is 2. The molecule has 0 saturated carbocycles. The lowest BCUT2D eigenvalue weighted by Crippen LogP contribution is -2.37. The van der Waals surface area contributed by atoms with E-state index in [1.54, 1.807) is 25.1 Å². The Morgan fingerprint density at radius 2 is 1.76 bits per heavy atom. The molecule has 7 heteroatoms. The van der Waals surface area contributed by atoms with Crippen molar-refractivity contribution in [2.45, 2.75) is 32.3 Å². The van der Waals surface area contributed by atoms with Gasteiger partial charge in [0.15, 0.2) is 0 Å². The van der Waals surface area contributed by atoms with Gasteiger partial charge in [0.1, 0.15) is 0 Å². The number of benzene rings is 3. The zero-order valence-corrected chi connectivity index (χ0v) is 21.6. The van der Waals surface area contributed by atoms with Crippen LogP contribution in [0.25, 0.3) is 11.3 Å². The smallest absolute Gasteiger partial charge is 0.338 e. The molecule has 2 aliphatic heterocycles. The van der Waals surface area contributed by atoms with Gasteiger partial charge >= 0.3 is 5.97 Å². The number of anilines is 2. The molecular formula is C31H33N3O4. The topological polar surface area (TPSA) is 90.9 Å². The molecule has 1 saturated heterocycles. The molecule has 0 aliphatic carbocycles. The number of aliphatic hydroxyl groups excluding tert-OH is 1. The first-order valence-electron chi connectivity index (χ1n) is 13.2. The summed E-state index contributed by atoms with van der Waals surface area (Å²) in [5.41, 5.74) is 5.96. The fraction of sp³-hybridized carbons (Fsp3) is 0.290. The molecule has 3 N–H and O–H groups in total. The van der Waals surface area contributed by atoms with Gasteiger partial charge in [-0.05, 0) is 61.6 Å². The Bertz CT molecular complexity index is 1330. The number of carbonyl (C=O) groups excluding carboxylic acids is 2. The van der Waals surface area contributed by atoms with Crippen LogP contribution in [0.15, 0.2) is 72.8 Å². The third-order valence-electron chi connectivity index (χ3n) is 7.08.